The molecule has 1 aliphatic heterocycles. The first-order chi connectivity index (χ1) is 9.15. The van der Waals surface area contributed by atoms with Gasteiger partial charge in [-0.05, 0) is 44.5 Å². The van der Waals surface area contributed by atoms with Gasteiger partial charge in [0.2, 0.25) is 0 Å². The summed E-state index contributed by atoms with van der Waals surface area (Å²) in [5.41, 5.74) is 0.588. The van der Waals surface area contributed by atoms with Crippen molar-refractivity contribution in [2.45, 2.75) is 31.7 Å². The van der Waals surface area contributed by atoms with E-state index in [1.807, 2.05) is 0 Å². The molecule has 1 aromatic rings. The molecule has 1 saturated heterocycles. The summed E-state index contributed by atoms with van der Waals surface area (Å²) < 4.78 is 26.3. The predicted octanol–water partition coefficient (Wildman–Crippen LogP) is 2.58. The fourth-order valence-corrected chi connectivity index (χ4v) is 2.58. The molecule has 1 atom stereocenters. The average molecular weight is 268 g/mol. The Hall–Kier alpha value is -1.00. The Balaban J connectivity index is 1.77. The average Bonchev–Trinajstić information content (AvgIpc) is 2.39. The zero-order valence-electron chi connectivity index (χ0n) is 11.5. The molecule has 1 aromatic carbocycles. The second-order valence-electron chi connectivity index (χ2n) is 5.39. The molecule has 19 heavy (non-hydrogen) atoms. The zero-order valence-corrected chi connectivity index (χ0v) is 11.5. The van der Waals surface area contributed by atoms with Crippen molar-refractivity contribution >= 4 is 0 Å². The zero-order chi connectivity index (χ0) is 13.7. The minimum Gasteiger partial charge on any atom is -0.313 e. The molecule has 0 saturated carbocycles. The maximum Gasteiger partial charge on any atom is 0.129 e. The van der Waals surface area contributed by atoms with Gasteiger partial charge in [0.05, 0.1) is 0 Å². The molecule has 1 N–H and O–H groups in total. The van der Waals surface area contributed by atoms with Crippen molar-refractivity contribution < 1.29 is 8.78 Å². The molecule has 2 rings (SSSR count). The van der Waals surface area contributed by atoms with E-state index in [2.05, 4.69) is 17.3 Å². The molecule has 0 spiro atoms. The van der Waals surface area contributed by atoms with Crippen LogP contribution in [-0.4, -0.2) is 37.6 Å². The van der Waals surface area contributed by atoms with Crippen molar-refractivity contribution in [1.82, 2.24) is 10.2 Å². The Morgan fingerprint density at radius 2 is 2.16 bits per heavy atom. The monoisotopic (exact) mass is 268 g/mol. The largest absolute Gasteiger partial charge is 0.313 e. The normalized spacial score (nSPS) is 19.9. The molecular weight excluding hydrogens is 246 g/mol. The Morgan fingerprint density at radius 3 is 2.84 bits per heavy atom. The van der Waals surface area contributed by atoms with Gasteiger partial charge in [-0.25, -0.2) is 8.78 Å². The van der Waals surface area contributed by atoms with Crippen LogP contribution in [0.15, 0.2) is 18.2 Å². The van der Waals surface area contributed by atoms with E-state index in [1.165, 1.54) is 31.4 Å². The highest BCUT2D eigenvalue weighted by Gasteiger charge is 2.14. The molecule has 0 radical (unpaired) electrons. The summed E-state index contributed by atoms with van der Waals surface area (Å²) in [5, 5.41) is 3.50. The van der Waals surface area contributed by atoms with E-state index >= 15 is 0 Å². The molecule has 0 aliphatic carbocycles. The third kappa shape index (κ3) is 4.55. The quantitative estimate of drug-likeness (QED) is 0.883. The van der Waals surface area contributed by atoms with Gasteiger partial charge in [-0.2, -0.15) is 0 Å². The van der Waals surface area contributed by atoms with Gasteiger partial charge in [0.25, 0.3) is 0 Å². The van der Waals surface area contributed by atoms with Crippen LogP contribution < -0.4 is 5.32 Å². The van der Waals surface area contributed by atoms with E-state index in [1.54, 1.807) is 0 Å². The van der Waals surface area contributed by atoms with Gasteiger partial charge in [0.1, 0.15) is 11.6 Å². The Morgan fingerprint density at radius 1 is 1.32 bits per heavy atom. The van der Waals surface area contributed by atoms with E-state index in [0.29, 0.717) is 18.0 Å². The number of rotatable bonds is 5. The van der Waals surface area contributed by atoms with Gasteiger partial charge in [0.15, 0.2) is 0 Å². The van der Waals surface area contributed by atoms with Crippen LogP contribution in [-0.2, 0) is 6.42 Å². The Kier molecular flexibility index (Phi) is 5.28. The Labute approximate surface area is 113 Å². The van der Waals surface area contributed by atoms with Gasteiger partial charge in [-0.15, -0.1) is 0 Å². The summed E-state index contributed by atoms with van der Waals surface area (Å²) >= 11 is 0. The van der Waals surface area contributed by atoms with Crippen molar-refractivity contribution in [2.75, 3.05) is 26.7 Å². The van der Waals surface area contributed by atoms with Crippen molar-refractivity contribution in [3.63, 3.8) is 0 Å². The lowest BCUT2D eigenvalue weighted by Gasteiger charge is -2.28. The highest BCUT2D eigenvalue weighted by atomic mass is 19.1. The lowest BCUT2D eigenvalue weighted by Crippen LogP contribution is -2.42. The maximum absolute atomic E-state index is 13.5. The Bertz CT molecular complexity index is 403. The number of nitrogens with one attached hydrogen (secondary N) is 1. The highest BCUT2D eigenvalue weighted by Crippen LogP contribution is 2.11. The first-order valence-corrected chi connectivity index (χ1v) is 7.01. The molecule has 1 heterocycles. The second-order valence-corrected chi connectivity index (χ2v) is 5.39. The molecule has 0 amide bonds. The minimum absolute atomic E-state index is 0.441. The molecule has 1 aliphatic rings. The van der Waals surface area contributed by atoms with Crippen LogP contribution in [0.2, 0.25) is 0 Å². The van der Waals surface area contributed by atoms with Crippen molar-refractivity contribution in [1.29, 1.82) is 0 Å². The summed E-state index contributed by atoms with van der Waals surface area (Å²) in [6.45, 7) is 2.88. The summed E-state index contributed by atoms with van der Waals surface area (Å²) in [6.07, 6.45) is 4.39. The van der Waals surface area contributed by atoms with E-state index in [4.69, 9.17) is 0 Å². The first-order valence-electron chi connectivity index (χ1n) is 7.01. The summed E-state index contributed by atoms with van der Waals surface area (Å²) in [6, 6.07) is 4.37. The van der Waals surface area contributed by atoms with Crippen LogP contribution in [0.1, 0.15) is 24.8 Å². The predicted molar refractivity (Wildman–Crippen MR) is 73.2 cm³/mol. The van der Waals surface area contributed by atoms with Crippen molar-refractivity contribution in [3.05, 3.63) is 35.4 Å². The van der Waals surface area contributed by atoms with Crippen LogP contribution >= 0.6 is 0 Å². The number of halogens is 2. The van der Waals surface area contributed by atoms with E-state index in [9.17, 15) is 8.78 Å². The third-order valence-corrected chi connectivity index (χ3v) is 3.72. The lowest BCUT2D eigenvalue weighted by atomic mass is 10.0. The third-order valence-electron chi connectivity index (χ3n) is 3.72. The topological polar surface area (TPSA) is 15.3 Å². The lowest BCUT2D eigenvalue weighted by molar-refractivity contribution is 0.264. The highest BCUT2D eigenvalue weighted by molar-refractivity contribution is 5.18. The van der Waals surface area contributed by atoms with Crippen LogP contribution in [0.25, 0.3) is 0 Å². The summed E-state index contributed by atoms with van der Waals surface area (Å²) in [7, 11) is 2.05. The first kappa shape index (κ1) is 14.4. The number of likely N-dealkylation sites (N-methyl/N-ethyl adjacent to an activating group) is 1. The molecule has 0 aromatic heterocycles. The van der Waals surface area contributed by atoms with Gasteiger partial charge in [-0.3, -0.25) is 0 Å². The van der Waals surface area contributed by atoms with Crippen LogP contribution in [0, 0.1) is 11.6 Å². The van der Waals surface area contributed by atoms with Crippen molar-refractivity contribution in [3.8, 4) is 0 Å². The standard InChI is InChI=1S/C15H22F2N2/c1-19(11-14-4-2-3-8-18-14)9-7-12-5-6-13(16)10-15(12)17/h5-6,10,14,18H,2-4,7-9,11H2,1H3. The van der Waals surface area contributed by atoms with E-state index < -0.39 is 11.6 Å². The maximum atomic E-state index is 13.5. The number of piperidine rings is 1. The fourth-order valence-electron chi connectivity index (χ4n) is 2.58. The molecule has 0 bridgehead atoms. The second kappa shape index (κ2) is 6.96. The van der Waals surface area contributed by atoms with Gasteiger partial charge >= 0.3 is 0 Å². The number of hydrogen-bond donors (Lipinski definition) is 1. The van der Waals surface area contributed by atoms with Crippen LogP contribution in [0.3, 0.4) is 0 Å². The van der Waals surface area contributed by atoms with Gasteiger partial charge in [0, 0.05) is 25.2 Å². The molecule has 1 unspecified atom stereocenters. The fraction of sp³-hybridized carbons (Fsp3) is 0.600. The van der Waals surface area contributed by atoms with Gasteiger partial charge in [-0.1, -0.05) is 12.5 Å². The van der Waals surface area contributed by atoms with Crippen LogP contribution in [0.5, 0.6) is 0 Å². The van der Waals surface area contributed by atoms with E-state index in [0.717, 1.165) is 25.7 Å². The van der Waals surface area contributed by atoms with E-state index in [-0.39, 0.29) is 0 Å². The number of nitrogens with zero attached hydrogens (tertiary/aromatic N) is 1. The summed E-state index contributed by atoms with van der Waals surface area (Å²) in [4.78, 5) is 2.21. The molecule has 2 nitrogen and oxygen atoms in total. The smallest absolute Gasteiger partial charge is 0.129 e. The SMILES string of the molecule is CN(CCc1ccc(F)cc1F)CC1CCCCN1. The molecule has 4 heteroatoms. The van der Waals surface area contributed by atoms with Gasteiger partial charge < -0.3 is 10.2 Å². The van der Waals surface area contributed by atoms with Crippen molar-refractivity contribution in [2.24, 2.45) is 0 Å². The van der Waals surface area contributed by atoms with Crippen LogP contribution in [0.4, 0.5) is 8.78 Å². The summed E-state index contributed by atoms with van der Waals surface area (Å²) in [5.74, 6) is -0.954. The number of benzene rings is 1. The molecular formula is C15H22F2N2. The number of hydrogen-bond acceptors (Lipinski definition) is 2. The molecule has 106 valence electrons. The molecule has 1 fully saturated rings. The minimum atomic E-state index is -0.513.